The van der Waals surface area contributed by atoms with Crippen molar-refractivity contribution in [2.75, 3.05) is 13.1 Å². The van der Waals surface area contributed by atoms with Gasteiger partial charge in [-0.05, 0) is 13.8 Å². The van der Waals surface area contributed by atoms with Crippen molar-refractivity contribution in [3.05, 3.63) is 0 Å². The topological polar surface area (TPSA) is 40.6 Å². The average Bonchev–Trinajstić information content (AvgIpc) is 2.04. The van der Waals surface area contributed by atoms with Gasteiger partial charge in [-0.15, -0.1) is 12.6 Å². The summed E-state index contributed by atoms with van der Waals surface area (Å²) in [6.07, 6.45) is -0.0151. The zero-order valence-electron chi connectivity index (χ0n) is 7.86. The van der Waals surface area contributed by atoms with Crippen LogP contribution >= 0.6 is 12.6 Å². The third kappa shape index (κ3) is 1.80. The Morgan fingerprint density at radius 1 is 1.23 bits per heavy atom. The first-order valence-corrected chi connectivity index (χ1v) is 4.90. The smallest absolute Gasteiger partial charge is 0.234 e. The van der Waals surface area contributed by atoms with Crippen molar-refractivity contribution in [3.63, 3.8) is 0 Å². The number of thiol groups is 1. The first-order chi connectivity index (χ1) is 6.11. The Bertz CT molecular complexity index is 210. The summed E-state index contributed by atoms with van der Waals surface area (Å²) in [5.74, 6) is -0.255. The normalized spacial score (nSPS) is 19.9. The van der Waals surface area contributed by atoms with Crippen LogP contribution in [0.3, 0.4) is 0 Å². The molecule has 0 aromatic heterocycles. The van der Waals surface area contributed by atoms with Crippen LogP contribution in [0.4, 0.5) is 0 Å². The molecule has 0 atom stereocenters. The molecule has 1 heterocycles. The molecule has 13 heavy (non-hydrogen) atoms. The summed E-state index contributed by atoms with van der Waals surface area (Å²) in [6.45, 7) is 4.95. The van der Waals surface area contributed by atoms with E-state index in [1.807, 2.05) is 13.8 Å². The lowest BCUT2D eigenvalue weighted by Gasteiger charge is -2.39. The minimum atomic E-state index is -0.385. The van der Waals surface area contributed by atoms with Crippen molar-refractivity contribution in [1.82, 2.24) is 9.80 Å². The molecule has 0 aromatic carbocycles. The molecule has 5 heteroatoms. The lowest BCUT2D eigenvalue weighted by molar-refractivity contribution is -0.152. The molecule has 0 bridgehead atoms. The van der Waals surface area contributed by atoms with Gasteiger partial charge in [0.1, 0.15) is 6.42 Å². The van der Waals surface area contributed by atoms with Gasteiger partial charge in [0, 0.05) is 13.1 Å². The van der Waals surface area contributed by atoms with E-state index in [0.29, 0.717) is 13.1 Å². The summed E-state index contributed by atoms with van der Waals surface area (Å²) in [7, 11) is 0. The Hall–Kier alpha value is -0.710. The lowest BCUT2D eigenvalue weighted by atomic mass is 10.2. The monoisotopic (exact) mass is 202 g/mol. The Labute approximate surface area is 83.3 Å². The van der Waals surface area contributed by atoms with Gasteiger partial charge in [0.15, 0.2) is 5.50 Å². The highest BCUT2D eigenvalue weighted by Crippen LogP contribution is 2.18. The standard InChI is InChI=1S/C8H14N2O2S/c1-3-9-6(11)5-7(12)10(4-2)8(9)13/h8,13H,3-5H2,1-2H3. The van der Waals surface area contributed by atoms with Crippen LogP contribution in [0.1, 0.15) is 20.3 Å². The van der Waals surface area contributed by atoms with Crippen LogP contribution in [-0.4, -0.2) is 40.2 Å². The SMILES string of the molecule is CCN1C(=O)CC(=O)N(CC)C1S. The Morgan fingerprint density at radius 3 is 1.92 bits per heavy atom. The predicted molar refractivity (Wildman–Crippen MR) is 52.2 cm³/mol. The molecule has 2 amide bonds. The number of rotatable bonds is 2. The maximum absolute atomic E-state index is 11.3. The molecule has 1 aliphatic rings. The number of carbonyl (C=O) groups excluding carboxylic acids is 2. The van der Waals surface area contributed by atoms with Gasteiger partial charge in [-0.2, -0.15) is 0 Å². The van der Waals surface area contributed by atoms with E-state index in [-0.39, 0.29) is 23.7 Å². The highest BCUT2D eigenvalue weighted by molar-refractivity contribution is 7.80. The highest BCUT2D eigenvalue weighted by atomic mass is 32.1. The van der Waals surface area contributed by atoms with Crippen molar-refractivity contribution < 1.29 is 9.59 Å². The zero-order valence-corrected chi connectivity index (χ0v) is 8.75. The van der Waals surface area contributed by atoms with Crippen molar-refractivity contribution >= 4 is 24.4 Å². The fourth-order valence-corrected chi connectivity index (χ4v) is 2.02. The summed E-state index contributed by atoms with van der Waals surface area (Å²) in [5.41, 5.74) is -0.385. The molecule has 0 spiro atoms. The summed E-state index contributed by atoms with van der Waals surface area (Å²) >= 11 is 4.24. The number of carbonyl (C=O) groups is 2. The van der Waals surface area contributed by atoms with Crippen molar-refractivity contribution in [2.45, 2.75) is 25.8 Å². The van der Waals surface area contributed by atoms with Gasteiger partial charge < -0.3 is 9.80 Å². The number of amides is 2. The quantitative estimate of drug-likeness (QED) is 0.517. The zero-order chi connectivity index (χ0) is 10.0. The first kappa shape index (κ1) is 10.4. The molecule has 1 aliphatic heterocycles. The molecule has 4 nitrogen and oxygen atoms in total. The Kier molecular flexibility index (Phi) is 3.19. The molecule has 0 saturated carbocycles. The average molecular weight is 202 g/mol. The van der Waals surface area contributed by atoms with Gasteiger partial charge in [0.2, 0.25) is 11.8 Å². The number of hydrogen-bond acceptors (Lipinski definition) is 3. The Morgan fingerprint density at radius 2 is 1.62 bits per heavy atom. The molecular formula is C8H14N2O2S. The second kappa shape index (κ2) is 4.00. The number of hydrogen-bond donors (Lipinski definition) is 1. The number of nitrogens with zero attached hydrogens (tertiary/aromatic N) is 2. The van der Waals surface area contributed by atoms with Gasteiger partial charge in [-0.1, -0.05) is 0 Å². The van der Waals surface area contributed by atoms with Crippen LogP contribution in [0.25, 0.3) is 0 Å². The van der Waals surface area contributed by atoms with E-state index in [1.54, 1.807) is 9.80 Å². The van der Waals surface area contributed by atoms with Gasteiger partial charge >= 0.3 is 0 Å². The van der Waals surface area contributed by atoms with Gasteiger partial charge in [0.05, 0.1) is 0 Å². The molecule has 74 valence electrons. The van der Waals surface area contributed by atoms with Crippen LogP contribution in [-0.2, 0) is 9.59 Å². The predicted octanol–water partition coefficient (Wildman–Crippen LogP) is 0.300. The summed E-state index contributed by atoms with van der Waals surface area (Å²) in [4.78, 5) is 25.9. The van der Waals surface area contributed by atoms with E-state index >= 15 is 0 Å². The molecule has 0 aromatic rings. The summed E-state index contributed by atoms with van der Waals surface area (Å²) in [6, 6.07) is 0. The lowest BCUT2D eigenvalue weighted by Crippen LogP contribution is -2.55. The van der Waals surface area contributed by atoms with E-state index < -0.39 is 0 Å². The third-order valence-corrected chi connectivity index (χ3v) is 2.74. The van der Waals surface area contributed by atoms with Crippen LogP contribution < -0.4 is 0 Å². The van der Waals surface area contributed by atoms with Crippen molar-refractivity contribution in [2.24, 2.45) is 0 Å². The van der Waals surface area contributed by atoms with E-state index in [9.17, 15) is 9.59 Å². The van der Waals surface area contributed by atoms with Crippen molar-refractivity contribution in [1.29, 1.82) is 0 Å². The molecule has 1 fully saturated rings. The van der Waals surface area contributed by atoms with Gasteiger partial charge in [-0.3, -0.25) is 9.59 Å². The molecule has 1 saturated heterocycles. The van der Waals surface area contributed by atoms with Gasteiger partial charge in [0.25, 0.3) is 0 Å². The second-order valence-corrected chi connectivity index (χ2v) is 3.34. The minimum absolute atomic E-state index is 0.0151. The minimum Gasteiger partial charge on any atom is -0.313 e. The van der Waals surface area contributed by atoms with E-state index in [4.69, 9.17) is 0 Å². The third-order valence-electron chi connectivity index (χ3n) is 2.18. The Balaban J connectivity index is 2.81. The summed E-state index contributed by atoms with van der Waals surface area (Å²) < 4.78 is 0. The van der Waals surface area contributed by atoms with Crippen LogP contribution in [0.5, 0.6) is 0 Å². The first-order valence-electron chi connectivity index (χ1n) is 4.38. The molecule has 1 rings (SSSR count). The second-order valence-electron chi connectivity index (χ2n) is 2.88. The van der Waals surface area contributed by atoms with Crippen LogP contribution in [0.2, 0.25) is 0 Å². The maximum atomic E-state index is 11.3. The van der Waals surface area contributed by atoms with E-state index in [1.165, 1.54) is 0 Å². The maximum Gasteiger partial charge on any atom is 0.234 e. The molecule has 0 aliphatic carbocycles. The van der Waals surface area contributed by atoms with Gasteiger partial charge in [-0.25, -0.2) is 0 Å². The fourth-order valence-electron chi connectivity index (χ4n) is 1.44. The fraction of sp³-hybridized carbons (Fsp3) is 0.750. The molecule has 0 N–H and O–H groups in total. The molecule has 0 unspecified atom stereocenters. The van der Waals surface area contributed by atoms with Crippen molar-refractivity contribution in [3.8, 4) is 0 Å². The molecular weight excluding hydrogens is 188 g/mol. The van der Waals surface area contributed by atoms with Crippen LogP contribution in [0.15, 0.2) is 0 Å². The molecule has 0 radical (unpaired) electrons. The van der Waals surface area contributed by atoms with E-state index in [0.717, 1.165) is 0 Å². The largest absolute Gasteiger partial charge is 0.313 e. The highest BCUT2D eigenvalue weighted by Gasteiger charge is 2.34. The summed E-state index contributed by atoms with van der Waals surface area (Å²) in [5, 5.41) is 0. The van der Waals surface area contributed by atoms with Crippen LogP contribution in [0, 0.1) is 0 Å². The van der Waals surface area contributed by atoms with E-state index in [2.05, 4.69) is 12.6 Å².